The van der Waals surface area contributed by atoms with Crippen molar-refractivity contribution in [2.45, 2.75) is 32.6 Å². The topological polar surface area (TPSA) is 55.1 Å². The molecule has 104 valence electrons. The second-order valence-electron chi connectivity index (χ2n) is 5.69. The molecule has 0 radical (unpaired) electrons. The fourth-order valence-electron chi connectivity index (χ4n) is 2.43. The highest BCUT2D eigenvalue weighted by Gasteiger charge is 2.40. The highest BCUT2D eigenvalue weighted by atomic mass is 16.1. The first kappa shape index (κ1) is 14.1. The zero-order chi connectivity index (χ0) is 13.7. The maximum absolute atomic E-state index is 12.2. The molecule has 3 N–H and O–H groups in total. The standard InChI is InChI=1S/C16H24N2O/c1-2-16(8-9-16)12-18-15(19)14(11-17)10-13-6-4-3-5-7-13/h3-7,14H,2,8-12,17H2,1H3,(H,18,19). The number of benzene rings is 1. The second-order valence-corrected chi connectivity index (χ2v) is 5.69. The minimum Gasteiger partial charge on any atom is -0.355 e. The molecule has 19 heavy (non-hydrogen) atoms. The molecule has 3 heteroatoms. The quantitative estimate of drug-likeness (QED) is 0.789. The first-order chi connectivity index (χ1) is 9.19. The van der Waals surface area contributed by atoms with Gasteiger partial charge in [0, 0.05) is 13.1 Å². The fourth-order valence-corrected chi connectivity index (χ4v) is 2.43. The first-order valence-electron chi connectivity index (χ1n) is 7.21. The van der Waals surface area contributed by atoms with Crippen LogP contribution in [0, 0.1) is 11.3 Å². The van der Waals surface area contributed by atoms with Crippen molar-refractivity contribution in [1.82, 2.24) is 5.32 Å². The number of carbonyl (C=O) groups excluding carboxylic acids is 1. The summed E-state index contributed by atoms with van der Waals surface area (Å²) in [5, 5.41) is 3.09. The van der Waals surface area contributed by atoms with E-state index in [1.165, 1.54) is 18.4 Å². The third kappa shape index (κ3) is 3.80. The lowest BCUT2D eigenvalue weighted by molar-refractivity contribution is -0.124. The summed E-state index contributed by atoms with van der Waals surface area (Å²) < 4.78 is 0. The zero-order valence-electron chi connectivity index (χ0n) is 11.7. The Balaban J connectivity index is 1.85. The van der Waals surface area contributed by atoms with Crippen molar-refractivity contribution >= 4 is 5.91 Å². The molecule has 1 atom stereocenters. The van der Waals surface area contributed by atoms with E-state index in [0.717, 1.165) is 19.4 Å². The second kappa shape index (κ2) is 6.20. The maximum atomic E-state index is 12.2. The molecule has 1 fully saturated rings. The molecule has 0 aliphatic heterocycles. The Morgan fingerprint density at radius 1 is 1.37 bits per heavy atom. The Kier molecular flexibility index (Phi) is 4.59. The summed E-state index contributed by atoms with van der Waals surface area (Å²) in [6.45, 7) is 3.41. The van der Waals surface area contributed by atoms with Crippen LogP contribution >= 0.6 is 0 Å². The van der Waals surface area contributed by atoms with Gasteiger partial charge in [0.15, 0.2) is 0 Å². The minimum atomic E-state index is -0.116. The molecular weight excluding hydrogens is 236 g/mol. The van der Waals surface area contributed by atoms with Gasteiger partial charge in [-0.25, -0.2) is 0 Å². The van der Waals surface area contributed by atoms with Crippen molar-refractivity contribution < 1.29 is 4.79 Å². The van der Waals surface area contributed by atoms with Crippen molar-refractivity contribution in [3.05, 3.63) is 35.9 Å². The third-order valence-corrected chi connectivity index (χ3v) is 4.32. The van der Waals surface area contributed by atoms with E-state index in [9.17, 15) is 4.79 Å². The molecule has 0 spiro atoms. The Hall–Kier alpha value is -1.35. The lowest BCUT2D eigenvalue weighted by Crippen LogP contribution is -2.39. The number of rotatable bonds is 7. The van der Waals surface area contributed by atoms with Gasteiger partial charge in [0.25, 0.3) is 0 Å². The van der Waals surface area contributed by atoms with Crippen LogP contribution in [0.25, 0.3) is 0 Å². The van der Waals surface area contributed by atoms with E-state index >= 15 is 0 Å². The minimum absolute atomic E-state index is 0.103. The number of carbonyl (C=O) groups is 1. The molecule has 3 nitrogen and oxygen atoms in total. The summed E-state index contributed by atoms with van der Waals surface area (Å²) in [7, 11) is 0. The SMILES string of the molecule is CCC1(CNC(=O)C(CN)Cc2ccccc2)CC1. The average Bonchev–Trinajstić information content (AvgIpc) is 3.24. The molecule has 0 heterocycles. The van der Waals surface area contributed by atoms with Crippen LogP contribution in [0.1, 0.15) is 31.7 Å². The van der Waals surface area contributed by atoms with Crippen LogP contribution < -0.4 is 11.1 Å². The molecule has 0 bridgehead atoms. The molecule has 0 aromatic heterocycles. The molecule has 1 unspecified atom stereocenters. The molecule has 1 saturated carbocycles. The first-order valence-corrected chi connectivity index (χ1v) is 7.21. The number of hydrogen-bond donors (Lipinski definition) is 2. The van der Waals surface area contributed by atoms with Crippen LogP contribution in [0.5, 0.6) is 0 Å². The van der Waals surface area contributed by atoms with Crippen molar-refractivity contribution in [2.24, 2.45) is 17.1 Å². The van der Waals surface area contributed by atoms with Gasteiger partial charge in [0.1, 0.15) is 0 Å². The van der Waals surface area contributed by atoms with Crippen LogP contribution in [0.4, 0.5) is 0 Å². The summed E-state index contributed by atoms with van der Waals surface area (Å²) in [4.78, 5) is 12.2. The van der Waals surface area contributed by atoms with Gasteiger partial charge in [-0.3, -0.25) is 4.79 Å². The summed E-state index contributed by atoms with van der Waals surface area (Å²) >= 11 is 0. The monoisotopic (exact) mass is 260 g/mol. The molecule has 1 aliphatic rings. The van der Waals surface area contributed by atoms with Gasteiger partial charge in [-0.15, -0.1) is 0 Å². The summed E-state index contributed by atoms with van der Waals surface area (Å²) in [5.74, 6) is -0.0128. The normalized spacial score (nSPS) is 17.8. The molecule has 1 aromatic rings. The maximum Gasteiger partial charge on any atom is 0.224 e. The van der Waals surface area contributed by atoms with Gasteiger partial charge in [-0.1, -0.05) is 37.3 Å². The van der Waals surface area contributed by atoms with E-state index in [1.807, 2.05) is 30.3 Å². The largest absolute Gasteiger partial charge is 0.355 e. The van der Waals surface area contributed by atoms with Crippen LogP contribution in [-0.2, 0) is 11.2 Å². The van der Waals surface area contributed by atoms with Crippen LogP contribution in [0.3, 0.4) is 0 Å². The predicted molar refractivity (Wildman–Crippen MR) is 77.7 cm³/mol. The van der Waals surface area contributed by atoms with Gasteiger partial charge < -0.3 is 11.1 Å². The van der Waals surface area contributed by atoms with E-state index < -0.39 is 0 Å². The van der Waals surface area contributed by atoms with E-state index in [2.05, 4.69) is 12.2 Å². The summed E-state index contributed by atoms with van der Waals surface area (Å²) in [6.07, 6.45) is 4.37. The molecule has 1 amide bonds. The van der Waals surface area contributed by atoms with Crippen LogP contribution in [0.2, 0.25) is 0 Å². The molecular formula is C16H24N2O. The number of amides is 1. The van der Waals surface area contributed by atoms with E-state index in [-0.39, 0.29) is 11.8 Å². The van der Waals surface area contributed by atoms with Crippen molar-refractivity contribution in [3.8, 4) is 0 Å². The Bertz CT molecular complexity index is 412. The number of nitrogens with one attached hydrogen (secondary N) is 1. The number of hydrogen-bond acceptors (Lipinski definition) is 2. The van der Waals surface area contributed by atoms with Gasteiger partial charge in [-0.2, -0.15) is 0 Å². The van der Waals surface area contributed by atoms with Crippen molar-refractivity contribution in [3.63, 3.8) is 0 Å². The summed E-state index contributed by atoms with van der Waals surface area (Å²) in [6, 6.07) is 10.1. The molecule has 0 saturated heterocycles. The van der Waals surface area contributed by atoms with Gasteiger partial charge in [0.05, 0.1) is 5.92 Å². The molecule has 1 aromatic carbocycles. The predicted octanol–water partition coefficient (Wildman–Crippen LogP) is 2.11. The third-order valence-electron chi connectivity index (χ3n) is 4.32. The lowest BCUT2D eigenvalue weighted by Gasteiger charge is -2.18. The fraction of sp³-hybridized carbons (Fsp3) is 0.562. The van der Waals surface area contributed by atoms with Crippen LogP contribution in [0.15, 0.2) is 30.3 Å². The Morgan fingerprint density at radius 3 is 2.58 bits per heavy atom. The van der Waals surface area contributed by atoms with Gasteiger partial charge >= 0.3 is 0 Å². The van der Waals surface area contributed by atoms with Gasteiger partial charge in [0.2, 0.25) is 5.91 Å². The Labute approximate surface area is 115 Å². The van der Waals surface area contributed by atoms with Crippen LogP contribution in [-0.4, -0.2) is 19.0 Å². The van der Waals surface area contributed by atoms with E-state index in [1.54, 1.807) is 0 Å². The average molecular weight is 260 g/mol. The molecule has 1 aliphatic carbocycles. The smallest absolute Gasteiger partial charge is 0.224 e. The van der Waals surface area contributed by atoms with Gasteiger partial charge in [-0.05, 0) is 36.7 Å². The van der Waals surface area contributed by atoms with E-state index in [0.29, 0.717) is 12.0 Å². The Morgan fingerprint density at radius 2 is 2.05 bits per heavy atom. The highest BCUT2D eigenvalue weighted by molar-refractivity contribution is 5.79. The summed E-state index contributed by atoms with van der Waals surface area (Å²) in [5.41, 5.74) is 7.31. The zero-order valence-corrected chi connectivity index (χ0v) is 11.7. The van der Waals surface area contributed by atoms with Crippen molar-refractivity contribution in [1.29, 1.82) is 0 Å². The highest BCUT2D eigenvalue weighted by Crippen LogP contribution is 2.47. The lowest BCUT2D eigenvalue weighted by atomic mass is 9.97. The number of nitrogens with two attached hydrogens (primary N) is 1. The van der Waals surface area contributed by atoms with E-state index in [4.69, 9.17) is 5.73 Å². The van der Waals surface area contributed by atoms with Crippen molar-refractivity contribution in [2.75, 3.05) is 13.1 Å². The molecule has 2 rings (SSSR count).